The van der Waals surface area contributed by atoms with E-state index < -0.39 is 205 Å². The van der Waals surface area contributed by atoms with E-state index in [2.05, 4.69) is 73.4 Å². The van der Waals surface area contributed by atoms with Gasteiger partial charge in [0.25, 0.3) is 0 Å². The number of benzene rings is 2. The van der Waals surface area contributed by atoms with Crippen LogP contribution in [0.3, 0.4) is 0 Å². The number of aliphatic hydroxyl groups excluding tert-OH is 4. The molecule has 2 aliphatic heterocycles. The van der Waals surface area contributed by atoms with E-state index in [1.807, 2.05) is 0 Å². The predicted molar refractivity (Wildman–Crippen MR) is 401 cm³/mol. The summed E-state index contributed by atoms with van der Waals surface area (Å²) in [6.07, 6.45) is 1.47. The number of H-pyrrole nitrogens is 2. The molecule has 2 saturated heterocycles. The van der Waals surface area contributed by atoms with Gasteiger partial charge in [0, 0.05) is 61.3 Å². The topological polar surface area (TPSA) is 575 Å². The predicted octanol–water partition coefficient (Wildman–Crippen LogP) is -4.35. The molecule has 0 spiro atoms. The van der Waals surface area contributed by atoms with E-state index >= 15 is 0 Å². The number of likely N-dealkylation sites (tertiary alicyclic amines) is 2. The number of nitrogens with zero attached hydrogens (tertiary/aromatic N) is 3. The Kier molecular flexibility index (Phi) is 34.8. The molecule has 37 nitrogen and oxygen atoms in total. The third kappa shape index (κ3) is 25.5. The van der Waals surface area contributed by atoms with Crippen LogP contribution in [0.5, 0.6) is 0 Å². The Balaban J connectivity index is 1.15. The zero-order valence-electron chi connectivity index (χ0n) is 63.8. The average molecular weight is 1560 g/mol. The molecule has 111 heavy (non-hydrogen) atoms. The quantitative estimate of drug-likeness (QED) is 0.0186. The molecule has 18 atom stereocenters. The largest absolute Gasteiger partial charge is 0.480 e. The number of carboxylic acid groups (broad SMARTS) is 1. The Labute approximate surface area is 642 Å². The number of amides is 13. The summed E-state index contributed by atoms with van der Waals surface area (Å²) in [7, 11) is 0. The summed E-state index contributed by atoms with van der Waals surface area (Å²) in [5.74, 6) is -14.0. The van der Waals surface area contributed by atoms with Crippen LogP contribution >= 0.6 is 0 Å². The smallest absolute Gasteiger partial charge is 0.328 e. The van der Waals surface area contributed by atoms with Crippen molar-refractivity contribution in [3.05, 3.63) is 90.1 Å². The number of carbonyl (C=O) groups is 14. The maximum atomic E-state index is 14.9. The van der Waals surface area contributed by atoms with Crippen LogP contribution < -0.4 is 70.0 Å². The summed E-state index contributed by atoms with van der Waals surface area (Å²) >= 11 is 0. The van der Waals surface area contributed by atoms with Crippen molar-refractivity contribution in [2.75, 3.05) is 32.8 Å². The summed E-state index contributed by atoms with van der Waals surface area (Å²) in [6, 6.07) is -3.18. The number of carboxylic acids is 1. The van der Waals surface area contributed by atoms with Crippen molar-refractivity contribution >= 4 is 93.7 Å². The number of aliphatic hydroxyl groups is 4. The zero-order chi connectivity index (χ0) is 81.9. The molecule has 2 aromatic heterocycles. The Morgan fingerprint density at radius 2 is 1.07 bits per heavy atom. The monoisotopic (exact) mass is 1550 g/mol. The fourth-order valence-corrected chi connectivity index (χ4v) is 12.9. The summed E-state index contributed by atoms with van der Waals surface area (Å²) < 4.78 is 0. The molecule has 0 unspecified atom stereocenters. The van der Waals surface area contributed by atoms with E-state index in [-0.39, 0.29) is 71.0 Å². The van der Waals surface area contributed by atoms with E-state index in [0.29, 0.717) is 53.4 Å². The Morgan fingerprint density at radius 3 is 1.66 bits per heavy atom. The minimum Gasteiger partial charge on any atom is -0.480 e. The number of para-hydroxylation sites is 1. The molecule has 0 aliphatic carbocycles. The number of aromatic amines is 2. The van der Waals surface area contributed by atoms with E-state index in [1.165, 1.54) is 50.0 Å². The molecular weight excluding hydrogens is 1440 g/mol. The first kappa shape index (κ1) is 89.4. The number of unbranched alkanes of at least 4 members (excludes halogenated alkanes) is 1. The summed E-state index contributed by atoms with van der Waals surface area (Å²) in [5.41, 5.74) is 13.5. The Hall–Kier alpha value is -10.5. The fraction of sp³-hybridized carbons (Fsp3) is 0.581. The molecule has 2 fully saturated rings. The molecule has 6 rings (SSSR count). The molecule has 4 heterocycles. The first-order valence-corrected chi connectivity index (χ1v) is 37.5. The van der Waals surface area contributed by atoms with E-state index in [9.17, 15) is 92.7 Å². The highest BCUT2D eigenvalue weighted by atomic mass is 16.4. The average Bonchev–Trinajstić information content (AvgIpc) is 1.68. The van der Waals surface area contributed by atoms with Gasteiger partial charge in [-0.1, -0.05) is 89.1 Å². The zero-order valence-corrected chi connectivity index (χ0v) is 63.8. The normalized spacial score (nSPS) is 18.5. The SMILES string of the molecule is CC[C@H](C)[C@H](NC(=O)[C@H](C)NC(=O)[C@@H]1CCCN1C(=O)[C@@H]1CCCN1C(=O)[C@@H](NC(=O)[C@H](Cc1c[nH]c2ccccc12)NC(=O)[C@@H](NC(=O)[C@@H](NC(=O)[C@H](Cc1cnc[nH]1)NC(=O)CNC(=O)[C@@H](N)[C@@H](C)O)[C@@H](C)CC)[C@@H](C)O)[C@@H](C)O)C(=O)N[C@@H](Cc1ccccc1)C(=O)N[C@@H](CCCCN)C(=O)N[C@@H](CO)C(=O)O. The van der Waals surface area contributed by atoms with Gasteiger partial charge in [-0.05, 0) is 108 Å². The van der Waals surface area contributed by atoms with E-state index in [0.717, 1.165) is 0 Å². The van der Waals surface area contributed by atoms with Crippen molar-refractivity contribution in [1.82, 2.24) is 83.2 Å². The number of aliphatic carboxylic acids is 1. The molecule has 13 amide bonds. The van der Waals surface area contributed by atoms with Crippen LogP contribution in [0.4, 0.5) is 0 Å². The van der Waals surface area contributed by atoms with Crippen LogP contribution in [0.1, 0.15) is 130 Å². The fourth-order valence-electron chi connectivity index (χ4n) is 12.9. The second kappa shape index (κ2) is 43.2. The van der Waals surface area contributed by atoms with Crippen molar-refractivity contribution in [2.24, 2.45) is 23.3 Å². The molecule has 0 saturated carbocycles. The van der Waals surface area contributed by atoms with Gasteiger partial charge < -0.3 is 115 Å². The van der Waals surface area contributed by atoms with Gasteiger partial charge in [0.05, 0.1) is 37.8 Å². The Bertz CT molecular complexity index is 3840. The molecule has 2 aliphatic rings. The van der Waals surface area contributed by atoms with Crippen LogP contribution in [0.25, 0.3) is 10.9 Å². The molecule has 37 heteroatoms. The lowest BCUT2D eigenvalue weighted by atomic mass is 9.96. The molecule has 610 valence electrons. The van der Waals surface area contributed by atoms with Crippen molar-refractivity contribution < 1.29 is 92.7 Å². The lowest BCUT2D eigenvalue weighted by Gasteiger charge is -2.34. The first-order valence-electron chi connectivity index (χ1n) is 37.5. The highest BCUT2D eigenvalue weighted by Crippen LogP contribution is 2.27. The standard InChI is InChI=1S/C74H110N18O19/c1-9-38(3)58(69(105)84-50(30-44-20-12-11-13-21-44)64(100)83-49(24-16-17-27-75)63(99)86-53(36-93)74(110)111)87-62(98)40(5)81-67(103)54-25-18-28-91(54)72(108)55-26-19-29-92(55)73(109)61(43(8)96)90-65(101)51(31-45-33-78-48-23-15-14-22-47(45)48)85-71(107)60(42(7)95)89-70(106)59(39(4)10-2)88-66(102)52(32-46-34-77-37-80-46)82-56(97)35-79-68(104)57(76)41(6)94/h11-15,20-23,33-34,37-43,49-55,57-61,78,93-96H,9-10,16-19,24-32,35-36,75-76H2,1-8H3,(H,77,80)(H,79,104)(H,81,103)(H,82,97)(H,83,100)(H,84,105)(H,85,107)(H,86,99)(H,87,98)(H,88,102)(H,89,106)(H,90,101)(H,110,111)/t38-,39-,40-,41+,42+,43+,49-,50-,51-,52-,53-,54-,55-,57-,58-,59-,60-,61-/m0/s1. The lowest BCUT2D eigenvalue weighted by molar-refractivity contribution is -0.149. The molecule has 0 bridgehead atoms. The van der Waals surface area contributed by atoms with Crippen LogP contribution in [0, 0.1) is 11.8 Å². The number of nitrogens with two attached hydrogens (primary N) is 2. The molecule has 4 aromatic rings. The van der Waals surface area contributed by atoms with Crippen LogP contribution in [-0.4, -0.2) is 263 Å². The van der Waals surface area contributed by atoms with Crippen LogP contribution in [-0.2, 0) is 86.4 Å². The Morgan fingerprint density at radius 1 is 0.550 bits per heavy atom. The number of fused-ring (bicyclic) bond motifs is 1. The highest BCUT2D eigenvalue weighted by molar-refractivity contribution is 6.01. The maximum Gasteiger partial charge on any atom is 0.328 e. The molecular formula is C74H110N18O19. The van der Waals surface area contributed by atoms with Crippen molar-refractivity contribution in [2.45, 2.75) is 229 Å². The lowest BCUT2D eigenvalue weighted by Crippen LogP contribution is -2.63. The first-order chi connectivity index (χ1) is 52.7. The van der Waals surface area contributed by atoms with Gasteiger partial charge in [0.1, 0.15) is 78.5 Å². The van der Waals surface area contributed by atoms with E-state index in [1.54, 1.807) is 88.5 Å². The number of rotatable bonds is 43. The minimum absolute atomic E-state index is 0.0198. The number of nitrogens with one attached hydrogen (secondary N) is 13. The third-order valence-corrected chi connectivity index (χ3v) is 20.0. The van der Waals surface area contributed by atoms with Gasteiger partial charge in [0.2, 0.25) is 76.8 Å². The maximum absolute atomic E-state index is 14.9. The van der Waals surface area contributed by atoms with E-state index in [4.69, 9.17) is 11.5 Å². The van der Waals surface area contributed by atoms with Crippen molar-refractivity contribution in [1.29, 1.82) is 0 Å². The second-order valence-corrected chi connectivity index (χ2v) is 28.5. The molecule has 0 radical (unpaired) electrons. The summed E-state index contributed by atoms with van der Waals surface area (Å²) in [6.45, 7) is 10.5. The minimum atomic E-state index is -1.83. The number of imidazole rings is 1. The molecule has 22 N–H and O–H groups in total. The van der Waals surface area contributed by atoms with Crippen LogP contribution in [0.2, 0.25) is 0 Å². The van der Waals surface area contributed by atoms with Gasteiger partial charge >= 0.3 is 5.97 Å². The van der Waals surface area contributed by atoms with Gasteiger partial charge in [0.15, 0.2) is 0 Å². The van der Waals surface area contributed by atoms with Gasteiger partial charge in [-0.15, -0.1) is 0 Å². The molecule has 2 aromatic carbocycles. The van der Waals surface area contributed by atoms with Crippen molar-refractivity contribution in [3.63, 3.8) is 0 Å². The number of hydrogen-bond donors (Lipinski definition) is 20. The summed E-state index contributed by atoms with van der Waals surface area (Å²) in [5, 5.41) is 80.2. The van der Waals surface area contributed by atoms with Gasteiger partial charge in [-0.2, -0.15) is 0 Å². The highest BCUT2D eigenvalue weighted by Gasteiger charge is 2.46. The van der Waals surface area contributed by atoms with Gasteiger partial charge in [-0.25, -0.2) is 9.78 Å². The number of aromatic nitrogens is 3. The van der Waals surface area contributed by atoms with Gasteiger partial charge in [-0.3, -0.25) is 62.3 Å². The van der Waals surface area contributed by atoms with Crippen molar-refractivity contribution in [3.8, 4) is 0 Å². The number of carbonyl (C=O) groups excluding carboxylic acids is 13. The van der Waals surface area contributed by atoms with Crippen LogP contribution in [0.15, 0.2) is 73.3 Å². The third-order valence-electron chi connectivity index (χ3n) is 20.0. The second-order valence-electron chi connectivity index (χ2n) is 28.5. The summed E-state index contributed by atoms with van der Waals surface area (Å²) in [4.78, 5) is 208. The number of hydrogen-bond acceptors (Lipinski definition) is 21.